The van der Waals surface area contributed by atoms with Crippen molar-refractivity contribution >= 4 is 29.2 Å². The van der Waals surface area contributed by atoms with Gasteiger partial charge >= 0.3 is 5.97 Å². The smallest absolute Gasteiger partial charge is 0.309 e. The van der Waals surface area contributed by atoms with Gasteiger partial charge < -0.3 is 19.9 Å². The fourth-order valence-corrected chi connectivity index (χ4v) is 4.19. The van der Waals surface area contributed by atoms with Crippen LogP contribution in [0.2, 0.25) is 0 Å². The Morgan fingerprint density at radius 3 is 2.31 bits per heavy atom. The van der Waals surface area contributed by atoms with Gasteiger partial charge in [0.2, 0.25) is 0 Å². The van der Waals surface area contributed by atoms with E-state index in [1.54, 1.807) is 12.1 Å². The highest BCUT2D eigenvalue weighted by atomic mass is 19.1. The highest BCUT2D eigenvalue weighted by molar-refractivity contribution is 5.95. The number of ether oxygens (including phenoxy) is 1. The molecule has 3 rings (SSSR count). The number of piperidine rings is 1. The molecule has 1 fully saturated rings. The predicted octanol–water partition coefficient (Wildman–Crippen LogP) is 4.23. The summed E-state index contributed by atoms with van der Waals surface area (Å²) in [6.45, 7) is 7.24. The number of esters is 1. The zero-order valence-electron chi connectivity index (χ0n) is 20.2. The van der Waals surface area contributed by atoms with Crippen molar-refractivity contribution in [2.45, 2.75) is 39.7 Å². The van der Waals surface area contributed by atoms with E-state index >= 15 is 0 Å². The first-order valence-corrected chi connectivity index (χ1v) is 11.8. The summed E-state index contributed by atoms with van der Waals surface area (Å²) < 4.78 is 32.2. The van der Waals surface area contributed by atoms with Gasteiger partial charge in [0.15, 0.2) is 6.61 Å². The molecule has 0 atom stereocenters. The van der Waals surface area contributed by atoms with E-state index < -0.39 is 41.9 Å². The summed E-state index contributed by atoms with van der Waals surface area (Å²) >= 11 is 0. The summed E-state index contributed by atoms with van der Waals surface area (Å²) in [6, 6.07) is 10.6. The van der Waals surface area contributed by atoms with E-state index in [0.29, 0.717) is 30.6 Å². The number of nitrogens with zero attached hydrogens (tertiary/aromatic N) is 2. The second-order valence-electron chi connectivity index (χ2n) is 8.77. The second-order valence-corrected chi connectivity index (χ2v) is 8.77. The Morgan fingerprint density at radius 2 is 1.74 bits per heavy atom. The molecule has 1 aliphatic heterocycles. The number of benzene rings is 2. The molecule has 0 spiro atoms. The first-order valence-electron chi connectivity index (χ1n) is 11.8. The van der Waals surface area contributed by atoms with Crippen molar-refractivity contribution in [1.29, 1.82) is 0 Å². The molecule has 1 saturated heterocycles. The molecule has 2 amide bonds. The van der Waals surface area contributed by atoms with E-state index in [1.807, 2.05) is 12.1 Å². The quantitative estimate of drug-likeness (QED) is 0.564. The number of anilines is 2. The van der Waals surface area contributed by atoms with Gasteiger partial charge in [-0.15, -0.1) is 0 Å². The number of carbonyl (C=O) groups is 3. The van der Waals surface area contributed by atoms with Gasteiger partial charge in [-0.2, -0.15) is 0 Å². The Bertz CT molecular complexity index is 1050. The number of hydrogen-bond acceptors (Lipinski definition) is 5. The zero-order valence-corrected chi connectivity index (χ0v) is 20.2. The Hall–Kier alpha value is -3.49. The normalized spacial score (nSPS) is 14.1. The van der Waals surface area contributed by atoms with Crippen molar-refractivity contribution in [3.8, 4) is 0 Å². The topological polar surface area (TPSA) is 79.0 Å². The number of carbonyl (C=O) groups excluding carboxylic acids is 3. The van der Waals surface area contributed by atoms with Gasteiger partial charge in [0.1, 0.15) is 11.6 Å². The van der Waals surface area contributed by atoms with Gasteiger partial charge in [-0.25, -0.2) is 8.78 Å². The van der Waals surface area contributed by atoms with Crippen LogP contribution < -0.4 is 10.2 Å². The van der Waals surface area contributed by atoms with Crippen molar-refractivity contribution in [2.24, 2.45) is 5.92 Å². The van der Waals surface area contributed by atoms with Crippen molar-refractivity contribution in [3.63, 3.8) is 0 Å². The summed E-state index contributed by atoms with van der Waals surface area (Å²) in [4.78, 5) is 40.8. The van der Waals surface area contributed by atoms with Crippen LogP contribution in [-0.2, 0) is 14.3 Å². The van der Waals surface area contributed by atoms with Crippen molar-refractivity contribution in [3.05, 3.63) is 59.7 Å². The monoisotopic (exact) mass is 487 g/mol. The van der Waals surface area contributed by atoms with Crippen LogP contribution in [0.3, 0.4) is 0 Å². The Labute approximate surface area is 204 Å². The predicted molar refractivity (Wildman–Crippen MR) is 129 cm³/mol. The van der Waals surface area contributed by atoms with Crippen LogP contribution >= 0.6 is 0 Å². The van der Waals surface area contributed by atoms with Crippen LogP contribution in [0.15, 0.2) is 42.5 Å². The van der Waals surface area contributed by atoms with E-state index in [9.17, 15) is 23.2 Å². The fraction of sp³-hybridized carbons (Fsp3) is 0.423. The molecule has 0 aromatic heterocycles. The summed E-state index contributed by atoms with van der Waals surface area (Å²) in [5, 5.41) is 2.71. The lowest BCUT2D eigenvalue weighted by Gasteiger charge is -2.31. The van der Waals surface area contributed by atoms with Crippen LogP contribution in [0.4, 0.5) is 20.2 Å². The third-order valence-corrected chi connectivity index (χ3v) is 6.07. The van der Waals surface area contributed by atoms with Gasteiger partial charge in [0.05, 0.1) is 11.5 Å². The maximum absolute atomic E-state index is 13.9. The minimum Gasteiger partial charge on any atom is -0.455 e. The molecule has 2 aromatic rings. The highest BCUT2D eigenvalue weighted by Gasteiger charge is 2.30. The number of rotatable bonds is 8. The van der Waals surface area contributed by atoms with Crippen LogP contribution in [0, 0.1) is 17.6 Å². The van der Waals surface area contributed by atoms with Crippen LogP contribution in [0.5, 0.6) is 0 Å². The molecule has 2 aromatic carbocycles. The molecule has 1 N–H and O–H groups in total. The third kappa shape index (κ3) is 6.77. The van der Waals surface area contributed by atoms with E-state index in [1.165, 1.54) is 4.90 Å². The van der Waals surface area contributed by atoms with Crippen LogP contribution in [0.25, 0.3) is 0 Å². The summed E-state index contributed by atoms with van der Waals surface area (Å²) in [5.74, 6) is -3.63. The molecule has 188 valence electrons. The summed E-state index contributed by atoms with van der Waals surface area (Å²) in [5.41, 5.74) is 1.46. The molecule has 7 nitrogen and oxygen atoms in total. The lowest BCUT2D eigenvalue weighted by atomic mass is 9.96. The van der Waals surface area contributed by atoms with Gasteiger partial charge in [0, 0.05) is 43.1 Å². The highest BCUT2D eigenvalue weighted by Crippen LogP contribution is 2.22. The fourth-order valence-electron chi connectivity index (χ4n) is 4.19. The minimum atomic E-state index is -0.917. The molecular weight excluding hydrogens is 456 g/mol. The van der Waals surface area contributed by atoms with Crippen LogP contribution in [0.1, 0.15) is 44.0 Å². The second kappa shape index (κ2) is 11.8. The molecule has 0 saturated carbocycles. The van der Waals surface area contributed by atoms with Crippen molar-refractivity contribution < 1.29 is 27.9 Å². The molecule has 1 aliphatic rings. The van der Waals surface area contributed by atoms with Gasteiger partial charge in [-0.1, -0.05) is 0 Å². The molecule has 35 heavy (non-hydrogen) atoms. The average Bonchev–Trinajstić information content (AvgIpc) is 2.83. The molecule has 0 unspecified atom stereocenters. The number of likely N-dealkylation sites (tertiary alicyclic amines) is 1. The lowest BCUT2D eigenvalue weighted by Crippen LogP contribution is -2.41. The van der Waals surface area contributed by atoms with Crippen molar-refractivity contribution in [1.82, 2.24) is 4.90 Å². The Balaban J connectivity index is 1.44. The number of hydrogen-bond donors (Lipinski definition) is 1. The maximum Gasteiger partial charge on any atom is 0.309 e. The largest absolute Gasteiger partial charge is 0.455 e. The lowest BCUT2D eigenvalue weighted by molar-refractivity contribution is -0.152. The molecule has 0 aliphatic carbocycles. The average molecular weight is 488 g/mol. The van der Waals surface area contributed by atoms with Crippen LogP contribution in [-0.4, -0.2) is 55.0 Å². The Kier molecular flexibility index (Phi) is 8.78. The van der Waals surface area contributed by atoms with E-state index in [2.05, 4.69) is 31.0 Å². The third-order valence-electron chi connectivity index (χ3n) is 6.07. The molecular formula is C26H31F2N3O4. The first kappa shape index (κ1) is 26.1. The summed E-state index contributed by atoms with van der Waals surface area (Å²) in [7, 11) is 0. The number of halogens is 2. The maximum atomic E-state index is 13.9. The molecule has 0 radical (unpaired) electrons. The van der Waals surface area contributed by atoms with Gasteiger partial charge in [0.25, 0.3) is 11.8 Å². The SMILES string of the molecule is CCN(c1ccc(NC(=O)COC(=O)C2CCN(C(=O)c3ccc(F)cc3F)CC2)cc1)C(C)C. The van der Waals surface area contributed by atoms with Gasteiger partial charge in [-0.3, -0.25) is 14.4 Å². The number of amides is 2. The summed E-state index contributed by atoms with van der Waals surface area (Å²) in [6.07, 6.45) is 0.667. The number of nitrogens with one attached hydrogen (secondary N) is 1. The Morgan fingerprint density at radius 1 is 1.09 bits per heavy atom. The van der Waals surface area contributed by atoms with E-state index in [0.717, 1.165) is 24.4 Å². The van der Waals surface area contributed by atoms with E-state index in [-0.39, 0.29) is 18.7 Å². The molecule has 1 heterocycles. The minimum absolute atomic E-state index is 0.205. The first-order chi connectivity index (χ1) is 16.7. The molecule has 9 heteroatoms. The standard InChI is InChI=1S/C26H31F2N3O4/c1-4-31(17(2)3)21-8-6-20(7-9-21)29-24(32)16-35-26(34)18-11-13-30(14-12-18)25(33)22-10-5-19(27)15-23(22)28/h5-10,15,17-18H,4,11-14,16H2,1-3H3,(H,29,32). The molecule has 0 bridgehead atoms. The van der Waals surface area contributed by atoms with Gasteiger partial charge in [-0.05, 0) is 70.0 Å². The zero-order chi connectivity index (χ0) is 25.5. The van der Waals surface area contributed by atoms with Crippen molar-refractivity contribution in [2.75, 3.05) is 36.5 Å². The van der Waals surface area contributed by atoms with E-state index in [4.69, 9.17) is 4.74 Å².